The number of nitro benzene ring substituents is 1. The van der Waals surface area contributed by atoms with E-state index in [0.29, 0.717) is 18.7 Å². The molecule has 0 radical (unpaired) electrons. The summed E-state index contributed by atoms with van der Waals surface area (Å²) in [5.74, 6) is 0. The molecule has 0 spiro atoms. The molecule has 1 aromatic carbocycles. The topological polar surface area (TPSA) is 64.4 Å². The van der Waals surface area contributed by atoms with Crippen molar-refractivity contribution in [2.75, 3.05) is 6.61 Å². The van der Waals surface area contributed by atoms with Gasteiger partial charge < -0.3 is 10.1 Å². The van der Waals surface area contributed by atoms with Gasteiger partial charge in [0.15, 0.2) is 0 Å². The van der Waals surface area contributed by atoms with E-state index in [1.54, 1.807) is 12.1 Å². The fourth-order valence-electron chi connectivity index (χ4n) is 2.90. The van der Waals surface area contributed by atoms with Crippen LogP contribution >= 0.6 is 0 Å². The van der Waals surface area contributed by atoms with Crippen molar-refractivity contribution in [3.05, 3.63) is 39.4 Å². The summed E-state index contributed by atoms with van der Waals surface area (Å²) in [5, 5.41) is 14.5. The Kier molecular flexibility index (Phi) is 5.70. The summed E-state index contributed by atoms with van der Waals surface area (Å²) < 4.78 is 5.75. The highest BCUT2D eigenvalue weighted by atomic mass is 16.6. The number of ether oxygens (including phenoxy) is 1. The van der Waals surface area contributed by atoms with Crippen molar-refractivity contribution in [3.8, 4) is 0 Å². The molecule has 1 aromatic rings. The van der Waals surface area contributed by atoms with Crippen molar-refractivity contribution < 1.29 is 9.66 Å². The zero-order valence-corrected chi connectivity index (χ0v) is 12.8. The summed E-state index contributed by atoms with van der Waals surface area (Å²) in [6.45, 7) is 5.47. The number of hydrogen-bond acceptors (Lipinski definition) is 4. The lowest BCUT2D eigenvalue weighted by atomic mass is 9.99. The van der Waals surface area contributed by atoms with E-state index in [9.17, 15) is 10.1 Å². The average molecular weight is 292 g/mol. The lowest BCUT2D eigenvalue weighted by Gasteiger charge is -2.30. The van der Waals surface area contributed by atoms with E-state index < -0.39 is 0 Å². The SMILES string of the molecule is CCCC1CC(NCc2cccc([N+](=O)[O-])c2C)CCO1. The largest absolute Gasteiger partial charge is 0.378 e. The van der Waals surface area contributed by atoms with Gasteiger partial charge in [-0.1, -0.05) is 25.5 Å². The second-order valence-electron chi connectivity index (χ2n) is 5.70. The van der Waals surface area contributed by atoms with Gasteiger partial charge in [-0.2, -0.15) is 0 Å². The molecule has 1 fully saturated rings. The van der Waals surface area contributed by atoms with E-state index in [4.69, 9.17) is 4.74 Å². The first-order valence-electron chi connectivity index (χ1n) is 7.69. The maximum absolute atomic E-state index is 11.0. The third kappa shape index (κ3) is 4.25. The molecule has 1 N–H and O–H groups in total. The third-order valence-electron chi connectivity index (χ3n) is 4.17. The van der Waals surface area contributed by atoms with Gasteiger partial charge in [0.25, 0.3) is 5.69 Å². The van der Waals surface area contributed by atoms with E-state index in [1.165, 1.54) is 0 Å². The Morgan fingerprint density at radius 2 is 2.29 bits per heavy atom. The number of nitrogens with zero attached hydrogens (tertiary/aromatic N) is 1. The summed E-state index contributed by atoms with van der Waals surface area (Å²) >= 11 is 0. The molecular weight excluding hydrogens is 268 g/mol. The van der Waals surface area contributed by atoms with E-state index in [2.05, 4.69) is 12.2 Å². The Hall–Kier alpha value is -1.46. The second-order valence-corrected chi connectivity index (χ2v) is 5.70. The molecule has 21 heavy (non-hydrogen) atoms. The van der Waals surface area contributed by atoms with Gasteiger partial charge in [0.2, 0.25) is 0 Å². The highest BCUT2D eigenvalue weighted by Crippen LogP contribution is 2.22. The van der Waals surface area contributed by atoms with Crippen molar-refractivity contribution in [2.45, 2.75) is 58.2 Å². The summed E-state index contributed by atoms with van der Waals surface area (Å²) in [6, 6.07) is 5.71. The Morgan fingerprint density at radius 3 is 3.00 bits per heavy atom. The van der Waals surface area contributed by atoms with Crippen molar-refractivity contribution >= 4 is 5.69 Å². The van der Waals surface area contributed by atoms with Gasteiger partial charge in [-0.3, -0.25) is 10.1 Å². The number of rotatable bonds is 6. The van der Waals surface area contributed by atoms with Gasteiger partial charge in [-0.05, 0) is 31.7 Å². The van der Waals surface area contributed by atoms with Crippen molar-refractivity contribution in [3.63, 3.8) is 0 Å². The molecule has 1 aliphatic heterocycles. The Bertz CT molecular complexity index is 488. The molecular formula is C16H24N2O3. The Balaban J connectivity index is 1.94. The average Bonchev–Trinajstić information content (AvgIpc) is 2.46. The second kappa shape index (κ2) is 7.52. The molecule has 1 saturated heterocycles. The lowest BCUT2D eigenvalue weighted by Crippen LogP contribution is -2.38. The van der Waals surface area contributed by atoms with Crippen LogP contribution in [-0.2, 0) is 11.3 Å². The van der Waals surface area contributed by atoms with Crippen LogP contribution in [0.25, 0.3) is 0 Å². The van der Waals surface area contributed by atoms with Gasteiger partial charge in [-0.15, -0.1) is 0 Å². The molecule has 2 rings (SSSR count). The smallest absolute Gasteiger partial charge is 0.272 e. The molecule has 2 atom stereocenters. The molecule has 0 saturated carbocycles. The van der Waals surface area contributed by atoms with E-state index in [-0.39, 0.29) is 10.6 Å². The zero-order valence-electron chi connectivity index (χ0n) is 12.8. The van der Waals surface area contributed by atoms with Gasteiger partial charge in [-0.25, -0.2) is 0 Å². The molecule has 0 amide bonds. The predicted octanol–water partition coefficient (Wildman–Crippen LogP) is 3.34. The van der Waals surface area contributed by atoms with Crippen LogP contribution in [0.15, 0.2) is 18.2 Å². The van der Waals surface area contributed by atoms with Crippen molar-refractivity contribution in [1.82, 2.24) is 5.32 Å². The number of hydrogen-bond donors (Lipinski definition) is 1. The monoisotopic (exact) mass is 292 g/mol. The van der Waals surface area contributed by atoms with Crippen molar-refractivity contribution in [2.24, 2.45) is 0 Å². The van der Waals surface area contributed by atoms with Crippen molar-refractivity contribution in [1.29, 1.82) is 0 Å². The van der Waals surface area contributed by atoms with Crippen LogP contribution in [-0.4, -0.2) is 23.7 Å². The van der Waals surface area contributed by atoms with Crippen LogP contribution in [0.5, 0.6) is 0 Å². The summed E-state index contributed by atoms with van der Waals surface area (Å²) in [4.78, 5) is 10.6. The van der Waals surface area contributed by atoms with E-state index >= 15 is 0 Å². The summed E-state index contributed by atoms with van der Waals surface area (Å²) in [6.07, 6.45) is 4.64. The number of nitro groups is 1. The highest BCUT2D eigenvalue weighted by molar-refractivity contribution is 5.44. The molecule has 0 bridgehead atoms. The molecule has 5 heteroatoms. The fourth-order valence-corrected chi connectivity index (χ4v) is 2.90. The van der Waals surface area contributed by atoms with Crippen LogP contribution < -0.4 is 5.32 Å². The van der Waals surface area contributed by atoms with Gasteiger partial charge in [0.05, 0.1) is 11.0 Å². The molecule has 5 nitrogen and oxygen atoms in total. The van der Waals surface area contributed by atoms with Gasteiger partial charge >= 0.3 is 0 Å². The van der Waals surface area contributed by atoms with E-state index in [1.807, 2.05) is 13.0 Å². The standard InChI is InChI=1S/C16H24N2O3/c1-3-5-15-10-14(8-9-21-15)17-11-13-6-4-7-16(12(13)2)18(19)20/h4,6-7,14-15,17H,3,5,8-11H2,1-2H3. The quantitative estimate of drug-likeness (QED) is 0.645. The first-order chi connectivity index (χ1) is 10.1. The normalized spacial score (nSPS) is 22.2. The van der Waals surface area contributed by atoms with Gasteiger partial charge in [0, 0.05) is 30.8 Å². The fraction of sp³-hybridized carbons (Fsp3) is 0.625. The number of nitrogens with one attached hydrogen (secondary N) is 1. The first-order valence-corrected chi connectivity index (χ1v) is 7.69. The molecule has 1 heterocycles. The maximum Gasteiger partial charge on any atom is 0.272 e. The van der Waals surface area contributed by atoms with Gasteiger partial charge in [0.1, 0.15) is 0 Å². The molecule has 0 aliphatic carbocycles. The Morgan fingerprint density at radius 1 is 1.48 bits per heavy atom. The van der Waals surface area contributed by atoms with Crippen LogP contribution in [0.3, 0.4) is 0 Å². The van der Waals surface area contributed by atoms with E-state index in [0.717, 1.165) is 43.4 Å². The minimum atomic E-state index is -0.315. The molecule has 2 unspecified atom stereocenters. The molecule has 0 aromatic heterocycles. The summed E-state index contributed by atoms with van der Waals surface area (Å²) in [5.41, 5.74) is 1.96. The van der Waals surface area contributed by atoms with Crippen LogP contribution in [0, 0.1) is 17.0 Å². The maximum atomic E-state index is 11.0. The summed E-state index contributed by atoms with van der Waals surface area (Å²) in [7, 11) is 0. The highest BCUT2D eigenvalue weighted by Gasteiger charge is 2.22. The van der Waals surface area contributed by atoms with Crippen LogP contribution in [0.4, 0.5) is 5.69 Å². The van der Waals surface area contributed by atoms with Crippen LogP contribution in [0.2, 0.25) is 0 Å². The molecule has 1 aliphatic rings. The number of benzene rings is 1. The Labute approximate surface area is 125 Å². The first kappa shape index (κ1) is 15.9. The lowest BCUT2D eigenvalue weighted by molar-refractivity contribution is -0.385. The minimum Gasteiger partial charge on any atom is -0.378 e. The van der Waals surface area contributed by atoms with Crippen LogP contribution in [0.1, 0.15) is 43.7 Å². The minimum absolute atomic E-state index is 0.199. The predicted molar refractivity (Wildman–Crippen MR) is 82.3 cm³/mol. The zero-order chi connectivity index (χ0) is 15.2. The molecule has 116 valence electrons. The third-order valence-corrected chi connectivity index (χ3v) is 4.17.